The molecule has 0 saturated heterocycles. The van der Waals surface area contributed by atoms with Crippen molar-refractivity contribution >= 4 is 5.96 Å². The Bertz CT molecular complexity index is 469. The summed E-state index contributed by atoms with van der Waals surface area (Å²) in [7, 11) is 1.80. The Morgan fingerprint density at radius 1 is 1.27 bits per heavy atom. The van der Waals surface area contributed by atoms with E-state index in [1.165, 1.54) is 11.1 Å². The molecule has 1 rings (SSSR count). The average molecular weight is 305 g/mol. The van der Waals surface area contributed by atoms with E-state index in [-0.39, 0.29) is 5.41 Å². The summed E-state index contributed by atoms with van der Waals surface area (Å²) >= 11 is 0. The summed E-state index contributed by atoms with van der Waals surface area (Å²) in [5, 5.41) is 6.74. The normalized spacial score (nSPS) is 12.3. The van der Waals surface area contributed by atoms with Crippen molar-refractivity contribution in [2.45, 2.75) is 39.5 Å². The van der Waals surface area contributed by atoms with E-state index in [1.807, 2.05) is 6.92 Å². The van der Waals surface area contributed by atoms with Gasteiger partial charge >= 0.3 is 0 Å². The molecule has 0 aromatic heterocycles. The maximum absolute atomic E-state index is 5.33. The van der Waals surface area contributed by atoms with E-state index in [4.69, 9.17) is 4.74 Å². The number of rotatable bonds is 8. The van der Waals surface area contributed by atoms with E-state index in [0.29, 0.717) is 0 Å². The first-order valence-electron chi connectivity index (χ1n) is 8.09. The number of aliphatic imine (C=N–C) groups is 1. The molecule has 0 unspecified atom stereocenters. The van der Waals surface area contributed by atoms with E-state index >= 15 is 0 Å². The lowest BCUT2D eigenvalue weighted by Gasteiger charge is -2.27. The van der Waals surface area contributed by atoms with Gasteiger partial charge in [-0.3, -0.25) is 4.99 Å². The van der Waals surface area contributed by atoms with Gasteiger partial charge < -0.3 is 15.4 Å². The van der Waals surface area contributed by atoms with Crippen molar-refractivity contribution in [2.75, 3.05) is 33.4 Å². The zero-order valence-electron chi connectivity index (χ0n) is 14.7. The quantitative estimate of drug-likeness (QED) is 0.441. The second-order valence-corrected chi connectivity index (χ2v) is 6.16. The first-order chi connectivity index (χ1) is 10.5. The van der Waals surface area contributed by atoms with Gasteiger partial charge in [0, 0.05) is 38.8 Å². The number of benzene rings is 1. The fourth-order valence-electron chi connectivity index (χ4n) is 2.22. The maximum Gasteiger partial charge on any atom is 0.191 e. The monoisotopic (exact) mass is 305 g/mol. The topological polar surface area (TPSA) is 45.6 Å². The molecule has 0 aliphatic rings. The summed E-state index contributed by atoms with van der Waals surface area (Å²) in [4.78, 5) is 4.27. The van der Waals surface area contributed by atoms with Gasteiger partial charge in [-0.15, -0.1) is 0 Å². The van der Waals surface area contributed by atoms with E-state index in [0.717, 1.165) is 38.7 Å². The van der Waals surface area contributed by atoms with Crippen LogP contribution in [-0.2, 0) is 10.2 Å². The van der Waals surface area contributed by atoms with Gasteiger partial charge in [0.1, 0.15) is 0 Å². The summed E-state index contributed by atoms with van der Waals surface area (Å²) in [5.74, 6) is 0.845. The second-order valence-electron chi connectivity index (χ2n) is 6.16. The molecule has 2 N–H and O–H groups in total. The zero-order chi connectivity index (χ0) is 16.4. The lowest BCUT2D eigenvalue weighted by Crippen LogP contribution is -2.43. The Balaban J connectivity index is 2.44. The summed E-state index contributed by atoms with van der Waals surface area (Å²) in [6, 6.07) is 8.69. The number of hydrogen-bond donors (Lipinski definition) is 2. The summed E-state index contributed by atoms with van der Waals surface area (Å²) in [5.41, 5.74) is 2.69. The number of hydrogen-bond acceptors (Lipinski definition) is 2. The number of guanidine groups is 1. The van der Waals surface area contributed by atoms with Crippen molar-refractivity contribution in [3.8, 4) is 0 Å². The third-order valence-electron chi connectivity index (χ3n) is 3.68. The Kier molecular flexibility index (Phi) is 7.96. The Hall–Kier alpha value is -1.55. The molecule has 0 radical (unpaired) electrons. The van der Waals surface area contributed by atoms with Gasteiger partial charge in [0.25, 0.3) is 0 Å². The van der Waals surface area contributed by atoms with Gasteiger partial charge in [0.05, 0.1) is 0 Å². The van der Waals surface area contributed by atoms with Gasteiger partial charge in [-0.25, -0.2) is 0 Å². The van der Waals surface area contributed by atoms with E-state index in [2.05, 4.69) is 60.7 Å². The smallest absolute Gasteiger partial charge is 0.191 e. The van der Waals surface area contributed by atoms with Gasteiger partial charge in [-0.05, 0) is 25.8 Å². The van der Waals surface area contributed by atoms with Crippen LogP contribution < -0.4 is 10.6 Å². The van der Waals surface area contributed by atoms with Crippen LogP contribution in [0.2, 0.25) is 0 Å². The summed E-state index contributed by atoms with van der Waals surface area (Å²) in [6.45, 7) is 11.9. The lowest BCUT2D eigenvalue weighted by atomic mass is 9.84. The van der Waals surface area contributed by atoms with Crippen LogP contribution in [0.15, 0.2) is 29.3 Å². The molecule has 0 saturated carbocycles. The predicted octanol–water partition coefficient (Wildman–Crippen LogP) is 2.86. The van der Waals surface area contributed by atoms with Gasteiger partial charge in [-0.1, -0.05) is 43.7 Å². The molecule has 22 heavy (non-hydrogen) atoms. The fourth-order valence-corrected chi connectivity index (χ4v) is 2.22. The molecule has 4 heteroatoms. The zero-order valence-corrected chi connectivity index (χ0v) is 14.7. The number of nitrogens with one attached hydrogen (secondary N) is 2. The average Bonchev–Trinajstić information content (AvgIpc) is 2.50. The predicted molar refractivity (Wildman–Crippen MR) is 94.7 cm³/mol. The molecule has 1 aromatic rings. The maximum atomic E-state index is 5.33. The molecule has 124 valence electrons. The molecular formula is C18H31N3O. The molecule has 0 spiro atoms. The minimum absolute atomic E-state index is 0.0506. The molecule has 0 fully saturated rings. The van der Waals surface area contributed by atoms with E-state index in [9.17, 15) is 0 Å². The molecule has 0 atom stereocenters. The van der Waals surface area contributed by atoms with E-state index in [1.54, 1.807) is 7.05 Å². The number of ether oxygens (including phenoxy) is 1. The van der Waals surface area contributed by atoms with Gasteiger partial charge in [0.2, 0.25) is 0 Å². The first-order valence-corrected chi connectivity index (χ1v) is 8.09. The van der Waals surface area contributed by atoms with E-state index < -0.39 is 0 Å². The van der Waals surface area contributed by atoms with Crippen molar-refractivity contribution in [1.29, 1.82) is 0 Å². The third-order valence-corrected chi connectivity index (χ3v) is 3.68. The highest BCUT2D eigenvalue weighted by Crippen LogP contribution is 2.22. The molecule has 0 bridgehead atoms. The van der Waals surface area contributed by atoms with Gasteiger partial charge in [-0.2, -0.15) is 0 Å². The Morgan fingerprint density at radius 2 is 2.05 bits per heavy atom. The van der Waals surface area contributed by atoms with Crippen molar-refractivity contribution < 1.29 is 4.74 Å². The Morgan fingerprint density at radius 3 is 2.68 bits per heavy atom. The standard InChI is InChI=1S/C18H31N3O/c1-6-22-12-8-11-20-17(19-5)21-14-18(3,4)16-10-7-9-15(2)13-16/h7,9-10,13H,6,8,11-12,14H2,1-5H3,(H2,19,20,21). The summed E-state index contributed by atoms with van der Waals surface area (Å²) < 4.78 is 5.33. The minimum atomic E-state index is 0.0506. The van der Waals surface area contributed by atoms with Crippen molar-refractivity contribution in [1.82, 2.24) is 10.6 Å². The van der Waals surface area contributed by atoms with Crippen LogP contribution in [0.25, 0.3) is 0 Å². The van der Waals surface area contributed by atoms with Crippen molar-refractivity contribution in [3.05, 3.63) is 35.4 Å². The van der Waals surface area contributed by atoms with Crippen LogP contribution >= 0.6 is 0 Å². The highest BCUT2D eigenvalue weighted by atomic mass is 16.5. The minimum Gasteiger partial charge on any atom is -0.382 e. The third kappa shape index (κ3) is 6.48. The largest absolute Gasteiger partial charge is 0.382 e. The highest BCUT2D eigenvalue weighted by Gasteiger charge is 2.20. The summed E-state index contributed by atoms with van der Waals surface area (Å²) in [6.07, 6.45) is 0.982. The molecule has 1 aromatic carbocycles. The molecule has 0 aliphatic heterocycles. The van der Waals surface area contributed by atoms with Crippen LogP contribution in [0.1, 0.15) is 38.3 Å². The van der Waals surface area contributed by atoms with Crippen LogP contribution in [0.5, 0.6) is 0 Å². The SMILES string of the molecule is CCOCCCNC(=NC)NCC(C)(C)c1cccc(C)c1. The molecule has 4 nitrogen and oxygen atoms in total. The molecule has 0 amide bonds. The molecule has 0 aliphatic carbocycles. The van der Waals surface area contributed by atoms with Crippen molar-refractivity contribution in [3.63, 3.8) is 0 Å². The van der Waals surface area contributed by atoms with Gasteiger partial charge in [0.15, 0.2) is 5.96 Å². The van der Waals surface area contributed by atoms with Crippen LogP contribution in [0, 0.1) is 6.92 Å². The first kappa shape index (κ1) is 18.5. The van der Waals surface area contributed by atoms with Crippen LogP contribution in [0.4, 0.5) is 0 Å². The highest BCUT2D eigenvalue weighted by molar-refractivity contribution is 5.79. The Labute approximate surface area is 135 Å². The fraction of sp³-hybridized carbons (Fsp3) is 0.611. The number of nitrogens with zero attached hydrogens (tertiary/aromatic N) is 1. The molecular weight excluding hydrogens is 274 g/mol. The van der Waals surface area contributed by atoms with Crippen LogP contribution in [-0.4, -0.2) is 39.3 Å². The number of aryl methyl sites for hydroxylation is 1. The lowest BCUT2D eigenvalue weighted by molar-refractivity contribution is 0.145. The van der Waals surface area contributed by atoms with Crippen LogP contribution in [0.3, 0.4) is 0 Å². The van der Waals surface area contributed by atoms with Crippen molar-refractivity contribution in [2.24, 2.45) is 4.99 Å². The molecule has 0 heterocycles. The second kappa shape index (κ2) is 9.46.